The standard InChI is InChI=1S/C24H29NO4/c25-16-19-6-11-21(12-7-19)24(27)29-22-13-8-18(9-14-22)10-15-23(26)28-17-20-4-2-1-3-5-20/h1-5,8-9,13-14,19,21H,6-7,10-12,15-17,25H2/t19-,21-. The topological polar surface area (TPSA) is 78.6 Å². The third-order valence-corrected chi connectivity index (χ3v) is 5.52. The van der Waals surface area contributed by atoms with Crippen molar-refractivity contribution < 1.29 is 19.1 Å². The van der Waals surface area contributed by atoms with E-state index in [9.17, 15) is 9.59 Å². The zero-order chi connectivity index (χ0) is 20.5. The van der Waals surface area contributed by atoms with Crippen molar-refractivity contribution >= 4 is 11.9 Å². The van der Waals surface area contributed by atoms with Crippen LogP contribution in [-0.2, 0) is 27.4 Å². The lowest BCUT2D eigenvalue weighted by Gasteiger charge is -2.26. The van der Waals surface area contributed by atoms with Crippen molar-refractivity contribution in [3.63, 3.8) is 0 Å². The Kier molecular flexibility index (Phi) is 7.82. The average Bonchev–Trinajstić information content (AvgIpc) is 2.78. The average molecular weight is 395 g/mol. The molecular formula is C24H29NO4. The summed E-state index contributed by atoms with van der Waals surface area (Å²) in [5.74, 6) is 0.677. The van der Waals surface area contributed by atoms with Gasteiger partial charge >= 0.3 is 11.9 Å². The molecule has 1 fully saturated rings. The van der Waals surface area contributed by atoms with Crippen molar-refractivity contribution in [2.45, 2.75) is 45.1 Å². The van der Waals surface area contributed by atoms with Gasteiger partial charge in [-0.25, -0.2) is 0 Å². The van der Waals surface area contributed by atoms with Gasteiger partial charge in [0.2, 0.25) is 0 Å². The van der Waals surface area contributed by atoms with Crippen LogP contribution in [-0.4, -0.2) is 18.5 Å². The van der Waals surface area contributed by atoms with Crippen LogP contribution in [0.4, 0.5) is 0 Å². The molecule has 2 aromatic rings. The molecule has 0 spiro atoms. The van der Waals surface area contributed by atoms with Gasteiger partial charge in [-0.1, -0.05) is 42.5 Å². The van der Waals surface area contributed by atoms with E-state index in [1.807, 2.05) is 42.5 Å². The predicted molar refractivity (Wildman–Crippen MR) is 111 cm³/mol. The SMILES string of the molecule is NC[C@H]1CC[C@H](C(=O)Oc2ccc(CCC(=O)OCc3ccccc3)cc2)CC1. The van der Waals surface area contributed by atoms with Crippen LogP contribution in [0.25, 0.3) is 0 Å². The van der Waals surface area contributed by atoms with E-state index in [0.29, 0.717) is 37.7 Å². The molecule has 1 aliphatic rings. The molecule has 1 aliphatic carbocycles. The van der Waals surface area contributed by atoms with Crippen LogP contribution in [0.2, 0.25) is 0 Å². The summed E-state index contributed by atoms with van der Waals surface area (Å²) in [7, 11) is 0. The lowest BCUT2D eigenvalue weighted by atomic mass is 9.82. The molecule has 0 radical (unpaired) electrons. The molecule has 5 heteroatoms. The highest BCUT2D eigenvalue weighted by molar-refractivity contribution is 5.75. The van der Waals surface area contributed by atoms with Crippen molar-refractivity contribution in [1.29, 1.82) is 0 Å². The number of nitrogens with two attached hydrogens (primary N) is 1. The number of benzene rings is 2. The van der Waals surface area contributed by atoms with Crippen LogP contribution < -0.4 is 10.5 Å². The molecule has 1 saturated carbocycles. The normalized spacial score (nSPS) is 18.8. The van der Waals surface area contributed by atoms with Crippen LogP contribution in [0.5, 0.6) is 5.75 Å². The highest BCUT2D eigenvalue weighted by atomic mass is 16.5. The van der Waals surface area contributed by atoms with E-state index in [1.54, 1.807) is 12.1 Å². The Labute approximate surface area is 172 Å². The van der Waals surface area contributed by atoms with Crippen molar-refractivity contribution in [3.8, 4) is 5.75 Å². The van der Waals surface area contributed by atoms with Gasteiger partial charge in [-0.3, -0.25) is 9.59 Å². The van der Waals surface area contributed by atoms with Gasteiger partial charge in [0, 0.05) is 6.42 Å². The molecule has 154 valence electrons. The van der Waals surface area contributed by atoms with Crippen molar-refractivity contribution in [2.75, 3.05) is 6.54 Å². The van der Waals surface area contributed by atoms with Gasteiger partial charge in [0.15, 0.2) is 0 Å². The summed E-state index contributed by atoms with van der Waals surface area (Å²) in [6, 6.07) is 17.0. The second kappa shape index (κ2) is 10.8. The van der Waals surface area contributed by atoms with Crippen LogP contribution in [0.3, 0.4) is 0 Å². The summed E-state index contributed by atoms with van der Waals surface area (Å²) in [6.45, 7) is 0.991. The Bertz CT molecular complexity index is 780. The van der Waals surface area contributed by atoms with E-state index in [1.165, 1.54) is 0 Å². The number of aryl methyl sites for hydroxylation is 1. The molecule has 0 unspecified atom stereocenters. The van der Waals surface area contributed by atoms with Crippen LogP contribution >= 0.6 is 0 Å². The monoisotopic (exact) mass is 395 g/mol. The fourth-order valence-electron chi connectivity index (χ4n) is 3.61. The van der Waals surface area contributed by atoms with Crippen LogP contribution in [0.15, 0.2) is 54.6 Å². The summed E-state index contributed by atoms with van der Waals surface area (Å²) in [4.78, 5) is 24.3. The first-order valence-electron chi connectivity index (χ1n) is 10.3. The lowest BCUT2D eigenvalue weighted by Crippen LogP contribution is -2.28. The molecule has 3 rings (SSSR count). The molecule has 0 bridgehead atoms. The summed E-state index contributed by atoms with van der Waals surface area (Å²) in [6.07, 6.45) is 4.60. The molecule has 0 amide bonds. The molecule has 0 aromatic heterocycles. The summed E-state index contributed by atoms with van der Waals surface area (Å²) in [5, 5.41) is 0. The Morgan fingerprint density at radius 1 is 0.897 bits per heavy atom. The molecule has 5 nitrogen and oxygen atoms in total. The Morgan fingerprint density at radius 3 is 2.24 bits per heavy atom. The summed E-state index contributed by atoms with van der Waals surface area (Å²) < 4.78 is 10.8. The lowest BCUT2D eigenvalue weighted by molar-refractivity contribution is -0.145. The van der Waals surface area contributed by atoms with E-state index in [2.05, 4.69) is 0 Å². The van der Waals surface area contributed by atoms with Crippen molar-refractivity contribution in [2.24, 2.45) is 17.6 Å². The fourth-order valence-corrected chi connectivity index (χ4v) is 3.61. The maximum absolute atomic E-state index is 12.3. The van der Waals surface area contributed by atoms with E-state index >= 15 is 0 Å². The number of hydrogen-bond donors (Lipinski definition) is 1. The minimum absolute atomic E-state index is 0.0307. The van der Waals surface area contributed by atoms with E-state index in [-0.39, 0.29) is 17.9 Å². The molecular weight excluding hydrogens is 366 g/mol. The van der Waals surface area contributed by atoms with Gasteiger partial charge < -0.3 is 15.2 Å². The third-order valence-electron chi connectivity index (χ3n) is 5.52. The first-order valence-corrected chi connectivity index (χ1v) is 10.3. The van der Waals surface area contributed by atoms with Crippen molar-refractivity contribution in [3.05, 3.63) is 65.7 Å². The molecule has 0 aliphatic heterocycles. The molecule has 0 heterocycles. The van der Waals surface area contributed by atoms with Gasteiger partial charge in [0.25, 0.3) is 0 Å². The number of rotatable bonds is 8. The highest BCUT2D eigenvalue weighted by Gasteiger charge is 2.27. The van der Waals surface area contributed by atoms with Crippen LogP contribution in [0.1, 0.15) is 43.2 Å². The van der Waals surface area contributed by atoms with Gasteiger partial charge in [0.05, 0.1) is 5.92 Å². The molecule has 2 aromatic carbocycles. The number of ether oxygens (including phenoxy) is 2. The molecule has 29 heavy (non-hydrogen) atoms. The third kappa shape index (κ3) is 6.71. The molecule has 0 atom stereocenters. The minimum atomic E-state index is -0.225. The fraction of sp³-hybridized carbons (Fsp3) is 0.417. The number of carbonyl (C=O) groups is 2. The highest BCUT2D eigenvalue weighted by Crippen LogP contribution is 2.29. The van der Waals surface area contributed by atoms with Gasteiger partial charge in [-0.2, -0.15) is 0 Å². The summed E-state index contributed by atoms with van der Waals surface area (Å²) >= 11 is 0. The van der Waals surface area contributed by atoms with E-state index < -0.39 is 0 Å². The molecule has 2 N–H and O–H groups in total. The first kappa shape index (κ1) is 21.1. The number of hydrogen-bond acceptors (Lipinski definition) is 5. The second-order valence-electron chi connectivity index (χ2n) is 7.66. The zero-order valence-corrected chi connectivity index (χ0v) is 16.7. The van der Waals surface area contributed by atoms with E-state index in [4.69, 9.17) is 15.2 Å². The van der Waals surface area contributed by atoms with Gasteiger partial charge in [-0.05, 0) is 67.8 Å². The first-order chi connectivity index (χ1) is 14.1. The van der Waals surface area contributed by atoms with Crippen LogP contribution in [0, 0.1) is 11.8 Å². The predicted octanol–water partition coefficient (Wildman–Crippen LogP) is 4.03. The molecule has 0 saturated heterocycles. The maximum atomic E-state index is 12.3. The van der Waals surface area contributed by atoms with E-state index in [0.717, 1.165) is 36.8 Å². The smallest absolute Gasteiger partial charge is 0.314 e. The minimum Gasteiger partial charge on any atom is -0.461 e. The Morgan fingerprint density at radius 2 is 1.59 bits per heavy atom. The largest absolute Gasteiger partial charge is 0.461 e. The Balaban J connectivity index is 1.39. The zero-order valence-electron chi connectivity index (χ0n) is 16.7. The quantitative estimate of drug-likeness (QED) is 0.539. The Hall–Kier alpha value is -2.66. The van der Waals surface area contributed by atoms with Crippen molar-refractivity contribution in [1.82, 2.24) is 0 Å². The number of esters is 2. The van der Waals surface area contributed by atoms with Gasteiger partial charge in [0.1, 0.15) is 12.4 Å². The van der Waals surface area contributed by atoms with Gasteiger partial charge in [-0.15, -0.1) is 0 Å². The summed E-state index contributed by atoms with van der Waals surface area (Å²) in [5.41, 5.74) is 7.68. The number of carbonyl (C=O) groups excluding carboxylic acids is 2. The second-order valence-corrected chi connectivity index (χ2v) is 7.66. The maximum Gasteiger partial charge on any atom is 0.314 e.